The van der Waals surface area contributed by atoms with Gasteiger partial charge in [0.1, 0.15) is 0 Å². The maximum atomic E-state index is 11.5. The van der Waals surface area contributed by atoms with Gasteiger partial charge in [0.2, 0.25) is 5.91 Å². The summed E-state index contributed by atoms with van der Waals surface area (Å²) >= 11 is 0. The second-order valence-corrected chi connectivity index (χ2v) is 3.76. The van der Waals surface area contributed by atoms with Gasteiger partial charge in [0.15, 0.2) is 0 Å². The average molecular weight is 197 g/mol. The van der Waals surface area contributed by atoms with Crippen molar-refractivity contribution in [2.45, 2.75) is 26.7 Å². The summed E-state index contributed by atoms with van der Waals surface area (Å²) in [6, 6.07) is 1.97. The molecule has 0 fully saturated rings. The molecular formula is C10H19N3O. The van der Waals surface area contributed by atoms with Crippen LogP contribution < -0.4 is 11.1 Å². The molecule has 0 heterocycles. The van der Waals surface area contributed by atoms with Crippen molar-refractivity contribution in [1.82, 2.24) is 5.32 Å². The molecule has 0 saturated heterocycles. The number of nitrogens with two attached hydrogens (primary N) is 1. The number of amides is 1. The van der Waals surface area contributed by atoms with Crippen LogP contribution in [0.1, 0.15) is 26.7 Å². The lowest BCUT2D eigenvalue weighted by atomic mass is 9.96. The van der Waals surface area contributed by atoms with Gasteiger partial charge in [-0.2, -0.15) is 5.26 Å². The van der Waals surface area contributed by atoms with Crippen LogP contribution in [0.4, 0.5) is 0 Å². The number of carbonyl (C=O) groups is 1. The quantitative estimate of drug-likeness (QED) is 0.613. The lowest BCUT2D eigenvalue weighted by Gasteiger charge is -2.16. The Morgan fingerprint density at radius 2 is 2.21 bits per heavy atom. The predicted molar refractivity (Wildman–Crippen MR) is 55.2 cm³/mol. The summed E-state index contributed by atoms with van der Waals surface area (Å²) in [5, 5.41) is 11.0. The Hall–Kier alpha value is -1.08. The van der Waals surface area contributed by atoms with E-state index in [0.717, 1.165) is 6.42 Å². The molecule has 14 heavy (non-hydrogen) atoms. The molecule has 0 aliphatic rings. The SMILES string of the molecule is CC(C)CC(CN)C(=O)NCCC#N. The van der Waals surface area contributed by atoms with Gasteiger partial charge >= 0.3 is 0 Å². The van der Waals surface area contributed by atoms with Gasteiger partial charge in [-0.1, -0.05) is 13.8 Å². The van der Waals surface area contributed by atoms with E-state index in [4.69, 9.17) is 11.0 Å². The predicted octanol–water partition coefficient (Wildman–Crippen LogP) is 0.637. The Morgan fingerprint density at radius 3 is 2.64 bits per heavy atom. The zero-order valence-electron chi connectivity index (χ0n) is 8.92. The largest absolute Gasteiger partial charge is 0.355 e. The maximum Gasteiger partial charge on any atom is 0.224 e. The third kappa shape index (κ3) is 5.55. The molecule has 80 valence electrons. The molecule has 0 aromatic carbocycles. The van der Waals surface area contributed by atoms with Crippen molar-refractivity contribution in [3.05, 3.63) is 0 Å². The highest BCUT2D eigenvalue weighted by atomic mass is 16.1. The Kier molecular flexibility index (Phi) is 6.77. The van der Waals surface area contributed by atoms with Crippen LogP contribution in [0.15, 0.2) is 0 Å². The first-order valence-corrected chi connectivity index (χ1v) is 4.96. The summed E-state index contributed by atoms with van der Waals surface area (Å²) in [6.45, 7) is 4.91. The van der Waals surface area contributed by atoms with Crippen molar-refractivity contribution < 1.29 is 4.79 Å². The Balaban J connectivity index is 3.87. The number of hydrogen-bond acceptors (Lipinski definition) is 3. The molecule has 0 aliphatic heterocycles. The fourth-order valence-electron chi connectivity index (χ4n) is 1.27. The van der Waals surface area contributed by atoms with E-state index in [1.165, 1.54) is 0 Å². The van der Waals surface area contributed by atoms with E-state index >= 15 is 0 Å². The van der Waals surface area contributed by atoms with E-state index < -0.39 is 0 Å². The zero-order valence-corrected chi connectivity index (χ0v) is 8.92. The highest BCUT2D eigenvalue weighted by Crippen LogP contribution is 2.10. The van der Waals surface area contributed by atoms with Gasteiger partial charge in [0.25, 0.3) is 0 Å². The van der Waals surface area contributed by atoms with Crippen LogP contribution in [0.25, 0.3) is 0 Å². The van der Waals surface area contributed by atoms with Gasteiger partial charge in [-0.3, -0.25) is 4.79 Å². The number of nitriles is 1. The fraction of sp³-hybridized carbons (Fsp3) is 0.800. The molecule has 0 aliphatic carbocycles. The van der Waals surface area contributed by atoms with E-state index in [2.05, 4.69) is 19.2 Å². The summed E-state index contributed by atoms with van der Waals surface area (Å²) in [5.41, 5.74) is 5.50. The molecule has 3 N–H and O–H groups in total. The van der Waals surface area contributed by atoms with Crippen molar-refractivity contribution in [2.24, 2.45) is 17.6 Å². The van der Waals surface area contributed by atoms with Crippen molar-refractivity contribution in [3.63, 3.8) is 0 Å². The van der Waals surface area contributed by atoms with Crippen LogP contribution in [0, 0.1) is 23.2 Å². The van der Waals surface area contributed by atoms with Crippen molar-refractivity contribution >= 4 is 5.91 Å². The summed E-state index contributed by atoms with van der Waals surface area (Å²) in [7, 11) is 0. The van der Waals surface area contributed by atoms with Crippen molar-refractivity contribution in [1.29, 1.82) is 5.26 Å². The van der Waals surface area contributed by atoms with Crippen molar-refractivity contribution in [3.8, 4) is 6.07 Å². The third-order valence-electron chi connectivity index (χ3n) is 1.95. The molecule has 0 saturated carbocycles. The fourth-order valence-corrected chi connectivity index (χ4v) is 1.27. The second kappa shape index (κ2) is 7.34. The molecule has 0 aromatic rings. The van der Waals surface area contributed by atoms with Gasteiger partial charge in [-0.25, -0.2) is 0 Å². The first-order valence-electron chi connectivity index (χ1n) is 4.96. The summed E-state index contributed by atoms with van der Waals surface area (Å²) in [4.78, 5) is 11.5. The van der Waals surface area contributed by atoms with Gasteiger partial charge < -0.3 is 11.1 Å². The van der Waals surface area contributed by atoms with E-state index in [1.807, 2.05) is 6.07 Å². The van der Waals surface area contributed by atoms with Crippen LogP contribution >= 0.6 is 0 Å². The lowest BCUT2D eigenvalue weighted by Crippen LogP contribution is -2.36. The Bertz CT molecular complexity index is 208. The molecule has 0 radical (unpaired) electrons. The molecular weight excluding hydrogens is 178 g/mol. The smallest absolute Gasteiger partial charge is 0.224 e. The number of carbonyl (C=O) groups excluding carboxylic acids is 1. The van der Waals surface area contributed by atoms with Crippen LogP contribution in [-0.2, 0) is 4.79 Å². The van der Waals surface area contributed by atoms with Gasteiger partial charge in [0, 0.05) is 13.1 Å². The topological polar surface area (TPSA) is 78.9 Å². The molecule has 0 aromatic heterocycles. The first kappa shape index (κ1) is 12.9. The summed E-state index contributed by atoms with van der Waals surface area (Å²) < 4.78 is 0. The van der Waals surface area contributed by atoms with Gasteiger partial charge in [0.05, 0.1) is 18.4 Å². The maximum absolute atomic E-state index is 11.5. The van der Waals surface area contributed by atoms with E-state index in [0.29, 0.717) is 25.4 Å². The standard InChI is InChI=1S/C10H19N3O/c1-8(2)6-9(7-12)10(14)13-5-3-4-11/h8-9H,3,5-7,12H2,1-2H3,(H,13,14). The second-order valence-electron chi connectivity index (χ2n) is 3.76. The van der Waals surface area contributed by atoms with E-state index in [9.17, 15) is 4.79 Å². The molecule has 4 heteroatoms. The number of hydrogen-bond donors (Lipinski definition) is 2. The molecule has 0 rings (SSSR count). The number of rotatable bonds is 6. The number of nitrogens with zero attached hydrogens (tertiary/aromatic N) is 1. The van der Waals surface area contributed by atoms with Crippen LogP contribution in [0.3, 0.4) is 0 Å². The zero-order chi connectivity index (χ0) is 11.0. The normalized spacial score (nSPS) is 12.2. The van der Waals surface area contributed by atoms with E-state index in [-0.39, 0.29) is 11.8 Å². The van der Waals surface area contributed by atoms with Crippen LogP contribution in [0.5, 0.6) is 0 Å². The first-order chi connectivity index (χ1) is 6.61. The average Bonchev–Trinajstić information content (AvgIpc) is 2.14. The minimum Gasteiger partial charge on any atom is -0.355 e. The monoisotopic (exact) mass is 197 g/mol. The minimum absolute atomic E-state index is 0.0311. The molecule has 0 spiro atoms. The molecule has 1 amide bonds. The Labute approximate surface area is 85.5 Å². The van der Waals surface area contributed by atoms with Crippen LogP contribution in [-0.4, -0.2) is 19.0 Å². The van der Waals surface area contributed by atoms with Crippen molar-refractivity contribution in [2.75, 3.05) is 13.1 Å². The van der Waals surface area contributed by atoms with Gasteiger partial charge in [-0.05, 0) is 12.3 Å². The lowest BCUT2D eigenvalue weighted by molar-refractivity contribution is -0.125. The van der Waals surface area contributed by atoms with Crippen LogP contribution in [0.2, 0.25) is 0 Å². The molecule has 1 atom stereocenters. The summed E-state index contributed by atoms with van der Waals surface area (Å²) in [6.07, 6.45) is 1.15. The third-order valence-corrected chi connectivity index (χ3v) is 1.95. The number of nitrogens with one attached hydrogen (secondary N) is 1. The molecule has 4 nitrogen and oxygen atoms in total. The van der Waals surface area contributed by atoms with E-state index in [1.54, 1.807) is 0 Å². The molecule has 0 bridgehead atoms. The highest BCUT2D eigenvalue weighted by molar-refractivity contribution is 5.78. The Morgan fingerprint density at radius 1 is 1.57 bits per heavy atom. The minimum atomic E-state index is -0.117. The summed E-state index contributed by atoms with van der Waals surface area (Å²) in [5.74, 6) is 0.315. The highest BCUT2D eigenvalue weighted by Gasteiger charge is 2.17. The molecule has 1 unspecified atom stereocenters. The van der Waals surface area contributed by atoms with Gasteiger partial charge in [-0.15, -0.1) is 0 Å².